The van der Waals surface area contributed by atoms with Crippen molar-refractivity contribution in [2.45, 2.75) is 107 Å². The number of hydrogen-bond acceptors (Lipinski definition) is 14. The zero-order chi connectivity index (χ0) is 40.2. The first-order valence-electron chi connectivity index (χ1n) is 16.5. The molecule has 7 amide bonds. The number of aliphatic carboxylic acids is 1. The lowest BCUT2D eigenvalue weighted by atomic mass is 10.1. The van der Waals surface area contributed by atoms with Gasteiger partial charge in [-0.25, -0.2) is 9.78 Å². The van der Waals surface area contributed by atoms with E-state index in [1.54, 1.807) is 0 Å². The number of carboxylic acids is 1. The largest absolute Gasteiger partial charge is 0.480 e. The van der Waals surface area contributed by atoms with Gasteiger partial charge in [0.05, 0.1) is 37.7 Å². The molecule has 1 aliphatic rings. The first-order valence-corrected chi connectivity index (χ1v) is 16.5. The Bertz CT molecular complexity index is 1470. The number of H-pyrrole nitrogens is 1. The molecule has 23 nitrogen and oxygen atoms in total. The Hall–Kier alpha value is -5.23. The molecule has 23 heteroatoms. The van der Waals surface area contributed by atoms with Crippen LogP contribution in [0.3, 0.4) is 0 Å². The van der Waals surface area contributed by atoms with Crippen LogP contribution in [0.2, 0.25) is 0 Å². The lowest BCUT2D eigenvalue weighted by Gasteiger charge is -2.29. The van der Waals surface area contributed by atoms with Crippen molar-refractivity contribution in [3.8, 4) is 0 Å². The van der Waals surface area contributed by atoms with Crippen molar-refractivity contribution in [2.75, 3.05) is 13.2 Å². The summed E-state index contributed by atoms with van der Waals surface area (Å²) in [5, 5.41) is 59.5. The summed E-state index contributed by atoms with van der Waals surface area (Å²) in [4.78, 5) is 110. The van der Waals surface area contributed by atoms with E-state index >= 15 is 0 Å². The van der Waals surface area contributed by atoms with Crippen molar-refractivity contribution in [3.63, 3.8) is 0 Å². The van der Waals surface area contributed by atoms with Gasteiger partial charge in [-0.1, -0.05) is 0 Å². The SMILES string of the molecule is C[C@@H](O)[C@H](N)C(=O)N1CCC[C@H]1C(=O)N[C@@H](Cc1cnc[nH]1)C(=O)N[C@@H](CC(N)=O)C(=O)N[C@H](C(=O)N[C@@H](CO)C(=O)N[C@H](C(=O)O)[C@@H](C)O)[C@@H](C)O. The van der Waals surface area contributed by atoms with Crippen LogP contribution in [0.25, 0.3) is 0 Å². The average Bonchev–Trinajstić information content (AvgIpc) is 3.79. The number of carboxylic acid groups (broad SMARTS) is 1. The number of hydrogen-bond donors (Lipinski definition) is 13. The van der Waals surface area contributed by atoms with Crippen LogP contribution < -0.4 is 38.1 Å². The van der Waals surface area contributed by atoms with Gasteiger partial charge in [0, 0.05) is 24.9 Å². The van der Waals surface area contributed by atoms with Crippen molar-refractivity contribution < 1.29 is 63.9 Å². The Labute approximate surface area is 302 Å². The lowest BCUT2D eigenvalue weighted by Crippen LogP contribution is -2.62. The number of amides is 7. The predicted molar refractivity (Wildman–Crippen MR) is 178 cm³/mol. The minimum absolute atomic E-state index is 0.155. The average molecular weight is 757 g/mol. The fourth-order valence-electron chi connectivity index (χ4n) is 5.23. The molecule has 1 aromatic rings. The third-order valence-corrected chi connectivity index (χ3v) is 8.22. The molecule has 0 radical (unpaired) electrons. The Morgan fingerprint density at radius 3 is 1.92 bits per heavy atom. The van der Waals surface area contributed by atoms with Crippen molar-refractivity contribution in [1.82, 2.24) is 41.5 Å². The predicted octanol–water partition coefficient (Wildman–Crippen LogP) is -7.21. The molecule has 10 atom stereocenters. The molecule has 2 heterocycles. The number of aromatic nitrogens is 2. The van der Waals surface area contributed by atoms with E-state index in [0.29, 0.717) is 12.1 Å². The highest BCUT2D eigenvalue weighted by Crippen LogP contribution is 2.19. The number of aromatic amines is 1. The molecule has 0 unspecified atom stereocenters. The smallest absolute Gasteiger partial charge is 0.328 e. The molecule has 2 rings (SSSR count). The van der Waals surface area contributed by atoms with Crippen molar-refractivity contribution >= 4 is 47.3 Å². The third-order valence-electron chi connectivity index (χ3n) is 8.22. The molecule has 0 aromatic carbocycles. The summed E-state index contributed by atoms with van der Waals surface area (Å²) in [6.45, 7) is 2.53. The number of primary amides is 1. The van der Waals surface area contributed by atoms with Crippen molar-refractivity contribution in [3.05, 3.63) is 18.2 Å². The Morgan fingerprint density at radius 2 is 1.42 bits per heavy atom. The van der Waals surface area contributed by atoms with Gasteiger partial charge in [-0.05, 0) is 33.6 Å². The van der Waals surface area contributed by atoms with Gasteiger partial charge in [-0.3, -0.25) is 33.6 Å². The molecule has 0 spiro atoms. The summed E-state index contributed by atoms with van der Waals surface area (Å²) in [6.07, 6.45) is -2.25. The maximum Gasteiger partial charge on any atom is 0.328 e. The van der Waals surface area contributed by atoms with Crippen molar-refractivity contribution in [1.29, 1.82) is 0 Å². The second-order valence-corrected chi connectivity index (χ2v) is 12.6. The van der Waals surface area contributed by atoms with E-state index < -0.39 is 121 Å². The van der Waals surface area contributed by atoms with Crippen LogP contribution in [0.4, 0.5) is 0 Å². The van der Waals surface area contributed by atoms with Crippen LogP contribution in [0, 0.1) is 0 Å². The van der Waals surface area contributed by atoms with E-state index in [2.05, 4.69) is 25.9 Å². The molecule has 1 aliphatic heterocycles. The number of rotatable bonds is 20. The molecule has 1 saturated heterocycles. The summed E-state index contributed by atoms with van der Waals surface area (Å²) in [7, 11) is 0. The number of carbonyl (C=O) groups excluding carboxylic acids is 7. The van der Waals surface area contributed by atoms with Crippen LogP contribution in [-0.2, 0) is 44.8 Å². The molecule has 296 valence electrons. The van der Waals surface area contributed by atoms with Gasteiger partial charge >= 0.3 is 5.97 Å². The Morgan fingerprint density at radius 1 is 0.849 bits per heavy atom. The van der Waals surface area contributed by atoms with E-state index in [1.807, 2.05) is 10.6 Å². The third kappa shape index (κ3) is 12.7. The highest BCUT2D eigenvalue weighted by molar-refractivity contribution is 5.98. The highest BCUT2D eigenvalue weighted by Gasteiger charge is 2.40. The van der Waals surface area contributed by atoms with Gasteiger partial charge in [-0.15, -0.1) is 0 Å². The minimum Gasteiger partial charge on any atom is -0.480 e. The van der Waals surface area contributed by atoms with Gasteiger partial charge in [0.15, 0.2) is 6.04 Å². The maximum atomic E-state index is 13.6. The fraction of sp³-hybridized carbons (Fsp3) is 0.633. The maximum absolute atomic E-state index is 13.6. The number of aliphatic hydroxyl groups excluding tert-OH is 4. The topological polar surface area (TPSA) is 382 Å². The second-order valence-electron chi connectivity index (χ2n) is 12.6. The first-order chi connectivity index (χ1) is 24.8. The number of aliphatic hydroxyl groups is 4. The van der Waals surface area contributed by atoms with Crippen LogP contribution in [0.5, 0.6) is 0 Å². The summed E-state index contributed by atoms with van der Waals surface area (Å²) in [5.41, 5.74) is 11.5. The van der Waals surface area contributed by atoms with Gasteiger partial charge in [0.25, 0.3) is 0 Å². The van der Waals surface area contributed by atoms with Crippen LogP contribution >= 0.6 is 0 Å². The number of carbonyl (C=O) groups is 8. The molecule has 1 fully saturated rings. The number of likely N-dealkylation sites (tertiary alicyclic amines) is 1. The van der Waals surface area contributed by atoms with Gasteiger partial charge in [0.1, 0.15) is 36.3 Å². The van der Waals surface area contributed by atoms with E-state index in [0.717, 1.165) is 13.8 Å². The molecule has 53 heavy (non-hydrogen) atoms. The highest BCUT2D eigenvalue weighted by atomic mass is 16.4. The summed E-state index contributed by atoms with van der Waals surface area (Å²) in [6, 6.07) is -11.1. The minimum atomic E-state index is -1.89. The Kier molecular flexibility index (Phi) is 16.7. The Balaban J connectivity index is 2.27. The first kappa shape index (κ1) is 43.9. The fourth-order valence-corrected chi connectivity index (χ4v) is 5.23. The summed E-state index contributed by atoms with van der Waals surface area (Å²) >= 11 is 0. The number of nitrogens with two attached hydrogens (primary N) is 2. The normalized spacial score (nSPS) is 19.2. The van der Waals surface area contributed by atoms with E-state index in [9.17, 15) is 63.9 Å². The summed E-state index contributed by atoms with van der Waals surface area (Å²) < 4.78 is 0. The van der Waals surface area contributed by atoms with Gasteiger partial charge in [0.2, 0.25) is 41.4 Å². The number of nitrogens with zero attached hydrogens (tertiary/aromatic N) is 2. The zero-order valence-electron chi connectivity index (χ0n) is 29.2. The van der Waals surface area contributed by atoms with Crippen molar-refractivity contribution in [2.24, 2.45) is 11.5 Å². The molecule has 0 bridgehead atoms. The quantitative estimate of drug-likeness (QED) is 0.0588. The molecule has 0 saturated carbocycles. The number of imidazole rings is 1. The van der Waals surface area contributed by atoms with Gasteiger partial charge < -0.3 is 73.5 Å². The molecule has 15 N–H and O–H groups in total. The lowest BCUT2D eigenvalue weighted by molar-refractivity contribution is -0.145. The monoisotopic (exact) mass is 756 g/mol. The molecule has 0 aliphatic carbocycles. The van der Waals surface area contributed by atoms with Crippen LogP contribution in [-0.4, -0.2) is 161 Å². The standard InChI is InChI=1S/C30H48N10O13/c1-12(42)21(32)29(51)40-6-4-5-19(40)27(49)36-16(7-15-9-33-11-34-15)24(46)35-17(8-20(31)45)25(47)38-22(13(2)43)28(50)37-18(10-41)26(48)39-23(14(3)44)30(52)53/h9,11-14,16-19,21-23,41-44H,4-8,10,32H2,1-3H3,(H2,31,45)(H,33,34)(H,35,46)(H,36,49)(H,37,50)(H,38,47)(H,39,48)(H,52,53)/t12-,13-,14-,16+,17+,18+,19+,21+,22+,23+/m1/s1. The van der Waals surface area contributed by atoms with E-state index in [-0.39, 0.29) is 19.4 Å². The van der Waals surface area contributed by atoms with E-state index in [1.165, 1.54) is 24.3 Å². The van der Waals surface area contributed by atoms with Crippen LogP contribution in [0.1, 0.15) is 45.7 Å². The van der Waals surface area contributed by atoms with E-state index in [4.69, 9.17) is 11.5 Å². The molecular weight excluding hydrogens is 708 g/mol. The molecular formula is C30H48N10O13. The number of nitrogens with one attached hydrogen (secondary N) is 6. The zero-order valence-corrected chi connectivity index (χ0v) is 29.2. The van der Waals surface area contributed by atoms with Crippen LogP contribution in [0.15, 0.2) is 12.5 Å². The van der Waals surface area contributed by atoms with Gasteiger partial charge in [-0.2, -0.15) is 0 Å². The molecule has 1 aromatic heterocycles. The summed E-state index contributed by atoms with van der Waals surface area (Å²) in [5.74, 6) is -8.89. The second kappa shape index (κ2) is 20.1.